The molecule has 1 amide bonds. The molecule has 0 spiro atoms. The highest BCUT2D eigenvalue weighted by Crippen LogP contribution is 2.33. The van der Waals surface area contributed by atoms with Crippen LogP contribution in [0.2, 0.25) is 0 Å². The van der Waals surface area contributed by atoms with Crippen LogP contribution in [0.25, 0.3) is 10.8 Å². The van der Waals surface area contributed by atoms with Gasteiger partial charge < -0.3 is 15.4 Å². The molecular formula is C22H28N2O2. The Morgan fingerprint density at radius 1 is 1.00 bits per heavy atom. The molecule has 2 N–H and O–H groups in total. The lowest BCUT2D eigenvalue weighted by Crippen LogP contribution is -2.51. The van der Waals surface area contributed by atoms with Gasteiger partial charge in [-0.3, -0.25) is 4.79 Å². The van der Waals surface area contributed by atoms with Crippen LogP contribution in [0, 0.1) is 5.92 Å². The third kappa shape index (κ3) is 3.49. The van der Waals surface area contributed by atoms with Crippen LogP contribution in [0.15, 0.2) is 42.5 Å². The zero-order valence-electron chi connectivity index (χ0n) is 15.3. The molecule has 1 atom stereocenters. The third-order valence-corrected chi connectivity index (χ3v) is 6.13. The minimum absolute atomic E-state index is 0.133. The molecule has 4 rings (SSSR count). The number of likely N-dealkylation sites (tertiary alicyclic amines) is 1. The van der Waals surface area contributed by atoms with E-state index in [1.807, 2.05) is 4.90 Å². The monoisotopic (exact) mass is 352 g/mol. The Morgan fingerprint density at radius 3 is 2.46 bits per heavy atom. The van der Waals surface area contributed by atoms with E-state index in [1.165, 1.54) is 16.3 Å². The highest BCUT2D eigenvalue weighted by atomic mass is 16.5. The van der Waals surface area contributed by atoms with Gasteiger partial charge in [0.1, 0.15) is 0 Å². The molecule has 0 radical (unpaired) electrons. The van der Waals surface area contributed by atoms with Crippen molar-refractivity contribution in [2.24, 2.45) is 11.7 Å². The lowest BCUT2D eigenvalue weighted by Gasteiger charge is -2.36. The van der Waals surface area contributed by atoms with Crippen LogP contribution in [0.5, 0.6) is 0 Å². The van der Waals surface area contributed by atoms with Crippen LogP contribution >= 0.6 is 0 Å². The predicted octanol–water partition coefficient (Wildman–Crippen LogP) is 3.30. The van der Waals surface area contributed by atoms with Gasteiger partial charge in [-0.15, -0.1) is 0 Å². The fourth-order valence-corrected chi connectivity index (χ4v) is 4.50. The molecule has 2 aromatic rings. The van der Waals surface area contributed by atoms with E-state index in [4.69, 9.17) is 10.5 Å². The molecule has 4 nitrogen and oxygen atoms in total. The number of benzene rings is 2. The third-order valence-electron chi connectivity index (χ3n) is 6.13. The average Bonchev–Trinajstić information content (AvgIpc) is 2.73. The first-order valence-corrected chi connectivity index (χ1v) is 9.84. The number of carbonyl (C=O) groups excluding carboxylic acids is 1. The van der Waals surface area contributed by atoms with Crippen molar-refractivity contribution in [3.8, 4) is 0 Å². The maximum absolute atomic E-state index is 12.8. The van der Waals surface area contributed by atoms with Gasteiger partial charge in [0.25, 0.3) is 0 Å². The summed E-state index contributed by atoms with van der Waals surface area (Å²) in [5.74, 6) is 0.921. The van der Waals surface area contributed by atoms with E-state index in [1.54, 1.807) is 0 Å². The highest BCUT2D eigenvalue weighted by molar-refractivity contribution is 5.86. The first kappa shape index (κ1) is 17.5. The molecule has 2 heterocycles. The molecule has 2 saturated heterocycles. The number of fused-ring (bicyclic) bond motifs is 1. The number of amides is 1. The second-order valence-electron chi connectivity index (χ2n) is 7.64. The van der Waals surface area contributed by atoms with Crippen LogP contribution in [0.3, 0.4) is 0 Å². The van der Waals surface area contributed by atoms with Crippen molar-refractivity contribution in [2.75, 3.05) is 26.3 Å². The van der Waals surface area contributed by atoms with Crippen LogP contribution in [-0.2, 0) is 9.53 Å². The van der Waals surface area contributed by atoms with E-state index in [9.17, 15) is 4.79 Å². The van der Waals surface area contributed by atoms with E-state index in [2.05, 4.69) is 42.5 Å². The number of piperidine rings is 1. The zero-order valence-corrected chi connectivity index (χ0v) is 15.3. The smallest absolute Gasteiger partial charge is 0.239 e. The second-order valence-corrected chi connectivity index (χ2v) is 7.64. The van der Waals surface area contributed by atoms with Crippen molar-refractivity contribution < 1.29 is 9.53 Å². The largest absolute Gasteiger partial charge is 0.381 e. The number of hydrogen-bond donors (Lipinski definition) is 1. The fraction of sp³-hybridized carbons (Fsp3) is 0.500. The van der Waals surface area contributed by atoms with Gasteiger partial charge >= 0.3 is 0 Å². The molecule has 2 aliphatic rings. The number of nitrogens with two attached hydrogens (primary N) is 1. The number of nitrogens with zero attached hydrogens (tertiary/aromatic N) is 1. The summed E-state index contributed by atoms with van der Waals surface area (Å²) in [5, 5.41) is 2.64. The molecule has 2 fully saturated rings. The summed E-state index contributed by atoms with van der Waals surface area (Å²) in [4.78, 5) is 14.8. The van der Waals surface area contributed by atoms with E-state index < -0.39 is 0 Å². The van der Waals surface area contributed by atoms with Crippen molar-refractivity contribution >= 4 is 16.7 Å². The summed E-state index contributed by atoms with van der Waals surface area (Å²) in [5.41, 5.74) is 7.72. The molecule has 0 aliphatic carbocycles. The summed E-state index contributed by atoms with van der Waals surface area (Å²) in [7, 11) is 0. The molecule has 2 aromatic carbocycles. The maximum Gasteiger partial charge on any atom is 0.239 e. The minimum Gasteiger partial charge on any atom is -0.381 e. The first-order valence-electron chi connectivity index (χ1n) is 9.84. The summed E-state index contributed by atoms with van der Waals surface area (Å²) in [6.45, 7) is 3.08. The van der Waals surface area contributed by atoms with Gasteiger partial charge in [-0.2, -0.15) is 0 Å². The van der Waals surface area contributed by atoms with Crippen molar-refractivity contribution in [3.63, 3.8) is 0 Å². The first-order chi connectivity index (χ1) is 12.7. The Hall–Kier alpha value is -1.91. The molecule has 1 unspecified atom stereocenters. The van der Waals surface area contributed by atoms with Crippen LogP contribution in [-0.4, -0.2) is 43.2 Å². The number of carbonyl (C=O) groups is 1. The Balaban J connectivity index is 1.41. The Morgan fingerprint density at radius 2 is 1.69 bits per heavy atom. The Labute approximate surface area is 155 Å². The Kier molecular flexibility index (Phi) is 5.23. The van der Waals surface area contributed by atoms with Gasteiger partial charge in [0.15, 0.2) is 0 Å². The predicted molar refractivity (Wildman–Crippen MR) is 104 cm³/mol. The molecule has 0 bridgehead atoms. The minimum atomic E-state index is -0.368. The molecule has 0 aromatic heterocycles. The van der Waals surface area contributed by atoms with Gasteiger partial charge in [0, 0.05) is 26.3 Å². The van der Waals surface area contributed by atoms with Gasteiger partial charge in [-0.05, 0) is 53.9 Å². The van der Waals surface area contributed by atoms with Crippen molar-refractivity contribution in [1.29, 1.82) is 0 Å². The number of ether oxygens (including phenoxy) is 1. The van der Waals surface area contributed by atoms with Crippen LogP contribution in [0.4, 0.5) is 0 Å². The fourth-order valence-electron chi connectivity index (χ4n) is 4.50. The van der Waals surface area contributed by atoms with Crippen LogP contribution < -0.4 is 5.73 Å². The molecule has 2 aliphatic heterocycles. The topological polar surface area (TPSA) is 55.6 Å². The van der Waals surface area contributed by atoms with E-state index in [0.717, 1.165) is 52.0 Å². The zero-order chi connectivity index (χ0) is 17.9. The van der Waals surface area contributed by atoms with Crippen LogP contribution in [0.1, 0.15) is 37.2 Å². The summed E-state index contributed by atoms with van der Waals surface area (Å²) >= 11 is 0. The van der Waals surface area contributed by atoms with Crippen molar-refractivity contribution in [2.45, 2.75) is 37.6 Å². The molecular weight excluding hydrogens is 324 g/mol. The highest BCUT2D eigenvalue weighted by Gasteiger charge is 2.32. The lowest BCUT2D eigenvalue weighted by atomic mass is 9.85. The van der Waals surface area contributed by atoms with E-state index in [0.29, 0.717) is 5.92 Å². The maximum atomic E-state index is 12.8. The van der Waals surface area contributed by atoms with Gasteiger partial charge in [-0.25, -0.2) is 0 Å². The lowest BCUT2D eigenvalue weighted by molar-refractivity contribution is -0.135. The molecule has 0 saturated carbocycles. The number of rotatable bonds is 3. The van der Waals surface area contributed by atoms with E-state index >= 15 is 0 Å². The molecule has 138 valence electrons. The summed E-state index contributed by atoms with van der Waals surface area (Å²) in [6.07, 6.45) is 3.83. The summed E-state index contributed by atoms with van der Waals surface area (Å²) < 4.78 is 5.39. The standard InChI is InChI=1S/C22H28N2O2/c23-21(18-10-14-26-15-11-18)22(25)24-12-8-17(9-13-24)20-7-3-5-16-4-1-2-6-19(16)20/h1-7,17-18,21H,8-15,23H2. The van der Waals surface area contributed by atoms with Gasteiger partial charge in [-0.1, -0.05) is 42.5 Å². The average molecular weight is 352 g/mol. The molecule has 26 heavy (non-hydrogen) atoms. The van der Waals surface area contributed by atoms with E-state index in [-0.39, 0.29) is 17.9 Å². The van der Waals surface area contributed by atoms with Gasteiger partial charge in [0.05, 0.1) is 6.04 Å². The van der Waals surface area contributed by atoms with Gasteiger partial charge in [0.2, 0.25) is 5.91 Å². The van der Waals surface area contributed by atoms with Crippen molar-refractivity contribution in [1.82, 2.24) is 4.90 Å². The molecule has 4 heteroatoms. The number of hydrogen-bond acceptors (Lipinski definition) is 3. The quantitative estimate of drug-likeness (QED) is 0.922. The summed E-state index contributed by atoms with van der Waals surface area (Å²) in [6, 6.07) is 14.8. The Bertz CT molecular complexity index is 756. The normalized spacial score (nSPS) is 21.0. The second kappa shape index (κ2) is 7.77. The SMILES string of the molecule is NC(C(=O)N1CCC(c2cccc3ccccc23)CC1)C1CCOCC1. The van der Waals surface area contributed by atoms with Crippen molar-refractivity contribution in [3.05, 3.63) is 48.0 Å².